The third-order valence-electron chi connectivity index (χ3n) is 3.07. The SMILES string of the molecule is CCCN1C=CC(Nc2cc[nH]c2C=O)=CC1.O=C(O)/C=C\C(=O)O. The van der Waals surface area contributed by atoms with Gasteiger partial charge in [-0.1, -0.05) is 6.92 Å². The third-order valence-corrected chi connectivity index (χ3v) is 3.07. The monoisotopic (exact) mass is 347 g/mol. The molecule has 0 aromatic carbocycles. The Hall–Kier alpha value is -3.29. The number of carboxylic acid groups (broad SMARTS) is 2. The van der Waals surface area contributed by atoms with Crippen LogP contribution >= 0.6 is 0 Å². The Bertz CT molecular complexity index is 672. The van der Waals surface area contributed by atoms with Crippen molar-refractivity contribution in [1.29, 1.82) is 0 Å². The maximum absolute atomic E-state index is 10.8. The second-order valence-electron chi connectivity index (χ2n) is 5.03. The summed E-state index contributed by atoms with van der Waals surface area (Å²) >= 11 is 0. The Kier molecular flexibility index (Phi) is 8.28. The summed E-state index contributed by atoms with van der Waals surface area (Å²) in [5.74, 6) is -2.51. The number of carbonyl (C=O) groups is 3. The summed E-state index contributed by atoms with van der Waals surface area (Å²) in [7, 11) is 0. The molecule has 4 N–H and O–H groups in total. The number of aromatic nitrogens is 1. The molecule has 0 bridgehead atoms. The number of carbonyl (C=O) groups excluding carboxylic acids is 1. The first kappa shape index (κ1) is 19.8. The van der Waals surface area contributed by atoms with Crippen LogP contribution in [0.1, 0.15) is 23.8 Å². The molecule has 0 amide bonds. The Morgan fingerprint density at radius 2 is 2.00 bits per heavy atom. The highest BCUT2D eigenvalue weighted by Gasteiger charge is 2.06. The number of aldehydes is 1. The standard InChI is InChI=1S/C13H17N3O.C4H4O4/c1-2-7-16-8-4-11(5-9-16)15-12-3-6-14-13(12)10-17;5-3(6)1-2-4(7)8/h3-6,8,10,14-15H,2,7,9H2,1H3;1-2H,(H,5,6)(H,7,8)/b;2-1-. The largest absolute Gasteiger partial charge is 0.478 e. The van der Waals surface area contributed by atoms with Crippen molar-refractivity contribution in [3.8, 4) is 0 Å². The van der Waals surface area contributed by atoms with Crippen LogP contribution in [0.5, 0.6) is 0 Å². The second-order valence-corrected chi connectivity index (χ2v) is 5.03. The van der Waals surface area contributed by atoms with Crippen LogP contribution in [0.3, 0.4) is 0 Å². The first-order valence-corrected chi connectivity index (χ1v) is 7.62. The lowest BCUT2D eigenvalue weighted by atomic mass is 10.2. The summed E-state index contributed by atoms with van der Waals surface area (Å²) in [6.07, 6.45) is 11.1. The van der Waals surface area contributed by atoms with Crippen molar-refractivity contribution in [3.63, 3.8) is 0 Å². The zero-order valence-corrected chi connectivity index (χ0v) is 13.8. The van der Waals surface area contributed by atoms with Gasteiger partial charge in [0.1, 0.15) is 5.69 Å². The van der Waals surface area contributed by atoms with E-state index in [4.69, 9.17) is 10.2 Å². The van der Waals surface area contributed by atoms with Crippen LogP contribution in [0.25, 0.3) is 0 Å². The second kappa shape index (κ2) is 10.5. The fraction of sp³-hybridized carbons (Fsp3) is 0.235. The fourth-order valence-corrected chi connectivity index (χ4v) is 1.96. The highest BCUT2D eigenvalue weighted by atomic mass is 16.4. The Morgan fingerprint density at radius 1 is 1.32 bits per heavy atom. The Balaban J connectivity index is 0.000000333. The van der Waals surface area contributed by atoms with Gasteiger partial charge in [0.05, 0.1) is 5.69 Å². The van der Waals surface area contributed by atoms with Gasteiger partial charge in [-0.2, -0.15) is 0 Å². The molecule has 0 unspecified atom stereocenters. The maximum Gasteiger partial charge on any atom is 0.328 e. The van der Waals surface area contributed by atoms with Crippen LogP contribution in [-0.4, -0.2) is 51.4 Å². The van der Waals surface area contributed by atoms with E-state index in [1.807, 2.05) is 12.1 Å². The third kappa shape index (κ3) is 7.69. The van der Waals surface area contributed by atoms with Crippen LogP contribution in [-0.2, 0) is 9.59 Å². The van der Waals surface area contributed by atoms with Crippen molar-refractivity contribution >= 4 is 23.9 Å². The lowest BCUT2D eigenvalue weighted by molar-refractivity contribution is -0.134. The number of rotatable bonds is 7. The van der Waals surface area contributed by atoms with E-state index in [-0.39, 0.29) is 0 Å². The number of allylic oxidation sites excluding steroid dienone is 1. The minimum atomic E-state index is -1.26. The summed E-state index contributed by atoms with van der Waals surface area (Å²) < 4.78 is 0. The minimum absolute atomic E-state index is 0.558. The number of hydrogen-bond acceptors (Lipinski definition) is 5. The molecule has 0 aliphatic carbocycles. The molecule has 1 aromatic heterocycles. The van der Waals surface area contributed by atoms with E-state index >= 15 is 0 Å². The lowest BCUT2D eigenvalue weighted by Gasteiger charge is -2.22. The van der Waals surface area contributed by atoms with Gasteiger partial charge in [0.25, 0.3) is 0 Å². The van der Waals surface area contributed by atoms with Crippen LogP contribution in [0.4, 0.5) is 5.69 Å². The number of aliphatic carboxylic acids is 2. The predicted molar refractivity (Wildman–Crippen MR) is 93.3 cm³/mol. The first-order valence-electron chi connectivity index (χ1n) is 7.62. The molecule has 0 radical (unpaired) electrons. The van der Waals surface area contributed by atoms with Crippen molar-refractivity contribution in [2.24, 2.45) is 0 Å². The number of hydrogen-bond donors (Lipinski definition) is 4. The van der Waals surface area contributed by atoms with Gasteiger partial charge in [-0.3, -0.25) is 4.79 Å². The molecule has 134 valence electrons. The van der Waals surface area contributed by atoms with Gasteiger partial charge in [0.15, 0.2) is 6.29 Å². The molecule has 1 aliphatic heterocycles. The van der Waals surface area contributed by atoms with E-state index in [2.05, 4.69) is 34.4 Å². The number of aromatic amines is 1. The topological polar surface area (TPSA) is 123 Å². The molecule has 25 heavy (non-hydrogen) atoms. The number of anilines is 1. The molecule has 0 saturated heterocycles. The van der Waals surface area contributed by atoms with E-state index in [1.54, 1.807) is 6.20 Å². The smallest absolute Gasteiger partial charge is 0.328 e. The molecule has 8 nitrogen and oxygen atoms in total. The maximum atomic E-state index is 10.8. The van der Waals surface area contributed by atoms with Crippen molar-refractivity contribution < 1.29 is 24.6 Å². The molecule has 1 aliphatic rings. The van der Waals surface area contributed by atoms with Crippen LogP contribution in [0, 0.1) is 0 Å². The zero-order valence-electron chi connectivity index (χ0n) is 13.8. The average Bonchev–Trinajstić information content (AvgIpc) is 3.03. The number of nitrogens with zero attached hydrogens (tertiary/aromatic N) is 1. The molecule has 8 heteroatoms. The van der Waals surface area contributed by atoms with E-state index in [1.165, 1.54) is 0 Å². The highest BCUT2D eigenvalue weighted by Crippen LogP contribution is 2.16. The molecule has 0 fully saturated rings. The quantitative estimate of drug-likeness (QED) is 0.440. The molecular weight excluding hydrogens is 326 g/mol. The molecule has 2 rings (SSSR count). The summed E-state index contributed by atoms with van der Waals surface area (Å²) in [5.41, 5.74) is 2.43. The van der Waals surface area contributed by atoms with E-state index in [0.717, 1.165) is 37.2 Å². The van der Waals surface area contributed by atoms with Crippen molar-refractivity contribution in [2.75, 3.05) is 18.4 Å². The van der Waals surface area contributed by atoms with E-state index in [9.17, 15) is 14.4 Å². The fourth-order valence-electron chi connectivity index (χ4n) is 1.96. The van der Waals surface area contributed by atoms with Crippen molar-refractivity contribution in [1.82, 2.24) is 9.88 Å². The predicted octanol–water partition coefficient (Wildman–Crippen LogP) is 2.07. The van der Waals surface area contributed by atoms with Crippen LogP contribution in [0.2, 0.25) is 0 Å². The number of carboxylic acids is 2. The average molecular weight is 347 g/mol. The molecular formula is C17H21N3O5. The Morgan fingerprint density at radius 3 is 2.48 bits per heavy atom. The van der Waals surface area contributed by atoms with Gasteiger partial charge in [-0.15, -0.1) is 0 Å². The first-order chi connectivity index (χ1) is 12.0. The van der Waals surface area contributed by atoms with Gasteiger partial charge in [0, 0.05) is 43.3 Å². The van der Waals surface area contributed by atoms with Gasteiger partial charge >= 0.3 is 11.9 Å². The van der Waals surface area contributed by atoms with Crippen molar-refractivity contribution in [3.05, 3.63) is 54.2 Å². The van der Waals surface area contributed by atoms with Crippen LogP contribution in [0.15, 0.2) is 48.5 Å². The van der Waals surface area contributed by atoms with Gasteiger partial charge in [-0.25, -0.2) is 9.59 Å². The van der Waals surface area contributed by atoms with Crippen molar-refractivity contribution in [2.45, 2.75) is 13.3 Å². The summed E-state index contributed by atoms with van der Waals surface area (Å²) in [6, 6.07) is 1.86. The molecule has 2 heterocycles. The van der Waals surface area contributed by atoms with E-state index < -0.39 is 11.9 Å². The normalized spacial score (nSPS) is 13.0. The van der Waals surface area contributed by atoms with Crippen LogP contribution < -0.4 is 5.32 Å². The summed E-state index contributed by atoms with van der Waals surface area (Å²) in [4.78, 5) is 35.0. The number of nitrogens with one attached hydrogen (secondary N) is 2. The molecule has 1 aromatic rings. The van der Waals surface area contributed by atoms with Gasteiger partial charge in [-0.05, 0) is 24.6 Å². The highest BCUT2D eigenvalue weighted by molar-refractivity contribution is 5.89. The molecule has 0 saturated carbocycles. The summed E-state index contributed by atoms with van der Waals surface area (Å²) in [5, 5.41) is 18.9. The number of H-pyrrole nitrogens is 1. The van der Waals surface area contributed by atoms with Gasteiger partial charge < -0.3 is 25.4 Å². The zero-order chi connectivity index (χ0) is 18.7. The molecule has 0 atom stereocenters. The minimum Gasteiger partial charge on any atom is -0.478 e. The molecule has 0 spiro atoms. The summed E-state index contributed by atoms with van der Waals surface area (Å²) in [6.45, 7) is 4.15. The van der Waals surface area contributed by atoms with Gasteiger partial charge in [0.2, 0.25) is 0 Å². The lowest BCUT2D eigenvalue weighted by Crippen LogP contribution is -2.21. The van der Waals surface area contributed by atoms with E-state index in [0.29, 0.717) is 17.8 Å². The Labute approximate surface area is 145 Å².